The second-order valence-electron chi connectivity index (χ2n) is 5.12. The molecule has 3 atom stereocenters. The predicted octanol–water partition coefficient (Wildman–Crippen LogP) is 2.69. The Bertz CT molecular complexity index is 424. The summed E-state index contributed by atoms with van der Waals surface area (Å²) in [7, 11) is 0. The van der Waals surface area contributed by atoms with Gasteiger partial charge in [-0.25, -0.2) is 4.39 Å². The number of aliphatic hydroxyl groups is 1. The molecule has 0 spiro atoms. The van der Waals surface area contributed by atoms with Crippen LogP contribution < -0.4 is 5.32 Å². The van der Waals surface area contributed by atoms with Crippen LogP contribution in [0.25, 0.3) is 0 Å². The maximum Gasteiger partial charge on any atom is 0.223 e. The summed E-state index contributed by atoms with van der Waals surface area (Å²) >= 11 is 1.53. The first-order valence-corrected chi connectivity index (χ1v) is 7.72. The van der Waals surface area contributed by atoms with Crippen LogP contribution in [0.1, 0.15) is 20.8 Å². The summed E-state index contributed by atoms with van der Waals surface area (Å²) in [6.07, 6.45) is 0. The van der Waals surface area contributed by atoms with Crippen LogP contribution in [0.3, 0.4) is 0 Å². The Morgan fingerprint density at radius 1 is 1.30 bits per heavy atom. The Kier molecular flexibility index (Phi) is 7.02. The normalized spacial score (nSPS) is 15.4. The van der Waals surface area contributed by atoms with Crippen molar-refractivity contribution < 1.29 is 14.3 Å². The van der Waals surface area contributed by atoms with Gasteiger partial charge >= 0.3 is 0 Å². The number of hydrogen-bond acceptors (Lipinski definition) is 3. The number of thioether (sulfide) groups is 1. The third kappa shape index (κ3) is 5.51. The Morgan fingerprint density at radius 2 is 1.90 bits per heavy atom. The third-order valence-electron chi connectivity index (χ3n) is 3.27. The highest BCUT2D eigenvalue weighted by Gasteiger charge is 2.18. The van der Waals surface area contributed by atoms with Crippen LogP contribution in [0.15, 0.2) is 29.2 Å². The van der Waals surface area contributed by atoms with Crippen molar-refractivity contribution in [3.05, 3.63) is 30.1 Å². The lowest BCUT2D eigenvalue weighted by molar-refractivity contribution is -0.124. The monoisotopic (exact) mass is 299 g/mol. The van der Waals surface area contributed by atoms with Crippen molar-refractivity contribution in [2.75, 3.05) is 12.4 Å². The minimum absolute atomic E-state index is 0.0209. The zero-order valence-electron chi connectivity index (χ0n) is 12.1. The summed E-state index contributed by atoms with van der Waals surface area (Å²) in [6.45, 7) is 5.70. The molecule has 0 saturated heterocycles. The van der Waals surface area contributed by atoms with E-state index in [1.54, 1.807) is 12.1 Å². The molecular formula is C15H22FNO2S. The molecule has 3 nitrogen and oxygen atoms in total. The van der Waals surface area contributed by atoms with Crippen LogP contribution >= 0.6 is 11.8 Å². The van der Waals surface area contributed by atoms with Gasteiger partial charge in [0.2, 0.25) is 5.91 Å². The second-order valence-corrected chi connectivity index (χ2v) is 6.22. The minimum atomic E-state index is -0.257. The number of benzene rings is 1. The molecule has 0 aliphatic heterocycles. The first-order valence-electron chi connectivity index (χ1n) is 6.73. The summed E-state index contributed by atoms with van der Waals surface area (Å²) in [5.74, 6) is 0.256. The smallest absolute Gasteiger partial charge is 0.223 e. The van der Waals surface area contributed by atoms with Gasteiger partial charge in [-0.1, -0.05) is 13.8 Å². The zero-order valence-corrected chi connectivity index (χ0v) is 12.9. The standard InChI is InChI=1S/C15H22FNO2S/c1-10(8-18)12(3)17-15(19)11(2)9-20-14-6-4-13(16)5-7-14/h4-7,10-12,18H,8-9H2,1-3H3,(H,17,19). The molecule has 0 aliphatic rings. The van der Waals surface area contributed by atoms with Gasteiger partial charge < -0.3 is 10.4 Å². The van der Waals surface area contributed by atoms with Gasteiger partial charge in [-0.3, -0.25) is 4.79 Å². The number of hydrogen-bond donors (Lipinski definition) is 2. The van der Waals surface area contributed by atoms with E-state index in [2.05, 4.69) is 5.32 Å². The van der Waals surface area contributed by atoms with Crippen molar-refractivity contribution in [3.63, 3.8) is 0 Å². The molecule has 0 aliphatic carbocycles. The number of halogens is 1. The number of amides is 1. The van der Waals surface area contributed by atoms with E-state index in [9.17, 15) is 9.18 Å². The largest absolute Gasteiger partial charge is 0.396 e. The van der Waals surface area contributed by atoms with E-state index in [0.717, 1.165) is 4.90 Å². The van der Waals surface area contributed by atoms with Gasteiger partial charge in [0.05, 0.1) is 0 Å². The molecule has 1 aromatic carbocycles. The van der Waals surface area contributed by atoms with E-state index in [1.165, 1.54) is 23.9 Å². The lowest BCUT2D eigenvalue weighted by Crippen LogP contribution is -2.41. The summed E-state index contributed by atoms with van der Waals surface area (Å²) in [5, 5.41) is 11.9. The summed E-state index contributed by atoms with van der Waals surface area (Å²) in [6, 6.07) is 6.20. The minimum Gasteiger partial charge on any atom is -0.396 e. The van der Waals surface area contributed by atoms with Gasteiger partial charge in [-0.2, -0.15) is 0 Å². The van der Waals surface area contributed by atoms with Gasteiger partial charge in [-0.05, 0) is 37.1 Å². The lowest BCUT2D eigenvalue weighted by atomic mass is 10.0. The van der Waals surface area contributed by atoms with Gasteiger partial charge in [0.25, 0.3) is 0 Å². The van der Waals surface area contributed by atoms with Crippen LogP contribution in [0, 0.1) is 17.7 Å². The van der Waals surface area contributed by atoms with E-state index in [0.29, 0.717) is 5.75 Å². The van der Waals surface area contributed by atoms with Crippen LogP contribution in [-0.2, 0) is 4.79 Å². The zero-order chi connectivity index (χ0) is 15.1. The van der Waals surface area contributed by atoms with Gasteiger partial charge in [-0.15, -0.1) is 11.8 Å². The van der Waals surface area contributed by atoms with E-state index in [4.69, 9.17) is 5.11 Å². The van der Waals surface area contributed by atoms with Crippen molar-refractivity contribution in [1.29, 1.82) is 0 Å². The fraction of sp³-hybridized carbons (Fsp3) is 0.533. The van der Waals surface area contributed by atoms with Gasteiger partial charge in [0, 0.05) is 29.2 Å². The molecule has 0 heterocycles. The average Bonchev–Trinajstić information content (AvgIpc) is 2.45. The second kappa shape index (κ2) is 8.27. The molecule has 1 aromatic rings. The van der Waals surface area contributed by atoms with Crippen LogP contribution in [0.5, 0.6) is 0 Å². The van der Waals surface area contributed by atoms with E-state index in [1.807, 2.05) is 20.8 Å². The SMILES string of the molecule is CC(CSc1ccc(F)cc1)C(=O)NC(C)C(C)CO. The molecule has 2 N–H and O–H groups in total. The van der Waals surface area contributed by atoms with Crippen molar-refractivity contribution in [1.82, 2.24) is 5.32 Å². The topological polar surface area (TPSA) is 49.3 Å². The Balaban J connectivity index is 2.40. The Labute approximate surface area is 124 Å². The fourth-order valence-corrected chi connectivity index (χ4v) is 2.42. The molecule has 0 saturated carbocycles. The molecule has 112 valence electrons. The first kappa shape index (κ1) is 17.0. The Morgan fingerprint density at radius 3 is 2.45 bits per heavy atom. The van der Waals surface area contributed by atoms with Crippen molar-refractivity contribution in [3.8, 4) is 0 Å². The maximum atomic E-state index is 12.8. The van der Waals surface area contributed by atoms with Gasteiger partial charge in [0.1, 0.15) is 5.82 Å². The van der Waals surface area contributed by atoms with E-state index < -0.39 is 0 Å². The number of rotatable bonds is 7. The first-order chi connectivity index (χ1) is 9.43. The quantitative estimate of drug-likeness (QED) is 0.761. The van der Waals surface area contributed by atoms with Crippen molar-refractivity contribution in [2.24, 2.45) is 11.8 Å². The summed E-state index contributed by atoms with van der Waals surface area (Å²) in [5.41, 5.74) is 0. The lowest BCUT2D eigenvalue weighted by Gasteiger charge is -2.21. The molecule has 1 rings (SSSR count). The number of carbonyl (C=O) groups is 1. The highest BCUT2D eigenvalue weighted by Crippen LogP contribution is 2.21. The number of carbonyl (C=O) groups excluding carboxylic acids is 1. The summed E-state index contributed by atoms with van der Waals surface area (Å²) in [4.78, 5) is 12.9. The third-order valence-corrected chi connectivity index (χ3v) is 4.54. The highest BCUT2D eigenvalue weighted by molar-refractivity contribution is 7.99. The molecule has 0 bridgehead atoms. The molecule has 0 radical (unpaired) electrons. The molecule has 1 amide bonds. The van der Waals surface area contributed by atoms with E-state index in [-0.39, 0.29) is 36.2 Å². The molecule has 20 heavy (non-hydrogen) atoms. The summed E-state index contributed by atoms with van der Waals surface area (Å²) < 4.78 is 12.8. The predicted molar refractivity (Wildman–Crippen MR) is 80.1 cm³/mol. The van der Waals surface area contributed by atoms with Gasteiger partial charge in [0.15, 0.2) is 0 Å². The number of nitrogens with one attached hydrogen (secondary N) is 1. The molecule has 0 aromatic heterocycles. The maximum absolute atomic E-state index is 12.8. The van der Waals surface area contributed by atoms with Crippen LogP contribution in [0.4, 0.5) is 4.39 Å². The average molecular weight is 299 g/mol. The molecular weight excluding hydrogens is 277 g/mol. The fourth-order valence-electron chi connectivity index (χ4n) is 1.49. The highest BCUT2D eigenvalue weighted by atomic mass is 32.2. The van der Waals surface area contributed by atoms with Crippen LogP contribution in [0.2, 0.25) is 0 Å². The van der Waals surface area contributed by atoms with Crippen molar-refractivity contribution in [2.45, 2.75) is 31.7 Å². The van der Waals surface area contributed by atoms with Crippen molar-refractivity contribution >= 4 is 17.7 Å². The van der Waals surface area contributed by atoms with Crippen LogP contribution in [-0.4, -0.2) is 29.4 Å². The molecule has 0 fully saturated rings. The van der Waals surface area contributed by atoms with E-state index >= 15 is 0 Å². The number of aliphatic hydroxyl groups excluding tert-OH is 1. The molecule has 5 heteroatoms. The Hall–Kier alpha value is -1.07. The molecule has 3 unspecified atom stereocenters.